The van der Waals surface area contributed by atoms with E-state index >= 15 is 0 Å². The van der Waals surface area contributed by atoms with Gasteiger partial charge in [0, 0.05) is 20.9 Å². The minimum atomic E-state index is -1.38. The van der Waals surface area contributed by atoms with Gasteiger partial charge in [0.1, 0.15) is 17.6 Å². The van der Waals surface area contributed by atoms with E-state index in [0.29, 0.717) is 0 Å². The molecule has 0 saturated carbocycles. The molecule has 0 aromatic heterocycles. The molecule has 4 heteroatoms. The predicted octanol–water partition coefficient (Wildman–Crippen LogP) is 3.30. The van der Waals surface area contributed by atoms with Crippen LogP contribution in [-0.4, -0.2) is 23.4 Å². The van der Waals surface area contributed by atoms with E-state index in [2.05, 4.69) is 85.9 Å². The maximum atomic E-state index is 13.1. The molecule has 0 spiro atoms. The van der Waals surface area contributed by atoms with Crippen molar-refractivity contribution in [3.63, 3.8) is 0 Å². The molecule has 4 aromatic rings. The van der Waals surface area contributed by atoms with Crippen molar-refractivity contribution in [2.45, 2.75) is 22.9 Å². The average Bonchev–Trinajstić information content (AvgIpc) is 2.82. The summed E-state index contributed by atoms with van der Waals surface area (Å²) >= 11 is 1.90. The molecule has 1 nitrogen and oxygen atoms in total. The van der Waals surface area contributed by atoms with E-state index in [4.69, 9.17) is 0 Å². The Morgan fingerprint density at radius 2 is 1.16 bits per heavy atom. The zero-order valence-electron chi connectivity index (χ0n) is 17.6. The van der Waals surface area contributed by atoms with Crippen LogP contribution in [0.5, 0.6) is 0 Å². The van der Waals surface area contributed by atoms with E-state index in [-0.39, 0.29) is 5.78 Å². The summed E-state index contributed by atoms with van der Waals surface area (Å²) in [6.45, 7) is 4.79. The average molecular weight is 451 g/mol. The third-order valence-electron chi connectivity index (χ3n) is 6.85. The van der Waals surface area contributed by atoms with E-state index in [1.54, 1.807) is 5.19 Å². The minimum Gasteiger partial charge on any atom is -0.289 e. The number of benzene rings is 4. The molecule has 0 radical (unpaired) electrons. The highest BCUT2D eigenvalue weighted by Crippen LogP contribution is 2.32. The molecule has 2 aliphatic rings. The van der Waals surface area contributed by atoms with Gasteiger partial charge in [0.2, 0.25) is 0 Å². The molecule has 0 bridgehead atoms. The van der Waals surface area contributed by atoms with Crippen LogP contribution in [0.3, 0.4) is 0 Å². The summed E-state index contributed by atoms with van der Waals surface area (Å²) < 4.78 is 0. The lowest BCUT2D eigenvalue weighted by Crippen LogP contribution is -2.49. The predicted molar refractivity (Wildman–Crippen MR) is 137 cm³/mol. The molecule has 4 aromatic carbocycles. The second-order valence-electron chi connectivity index (χ2n) is 8.55. The van der Waals surface area contributed by atoms with E-state index < -0.39 is 17.6 Å². The summed E-state index contributed by atoms with van der Waals surface area (Å²) in [5.74, 6) is 0.183. The molecular weight excluding hydrogens is 429 g/mol. The van der Waals surface area contributed by atoms with Crippen molar-refractivity contribution in [2.24, 2.45) is 0 Å². The van der Waals surface area contributed by atoms with Crippen molar-refractivity contribution >= 4 is 55.9 Å². The maximum Gasteiger partial charge on any atom is 0.192 e. The van der Waals surface area contributed by atoms with E-state index in [1.807, 2.05) is 23.9 Å². The Hall–Kier alpha value is -2.67. The van der Waals surface area contributed by atoms with Crippen molar-refractivity contribution in [3.8, 4) is 11.1 Å². The first-order chi connectivity index (χ1) is 15.1. The summed E-state index contributed by atoms with van der Waals surface area (Å²) in [4.78, 5) is 15.9. The zero-order valence-corrected chi connectivity index (χ0v) is 20.7. The number of carbonyl (C=O) groups is 1. The van der Waals surface area contributed by atoms with Gasteiger partial charge in [0.15, 0.2) is 5.78 Å². The second-order valence-corrected chi connectivity index (χ2v) is 15.0. The van der Waals surface area contributed by atoms with Gasteiger partial charge >= 0.3 is 0 Å². The van der Waals surface area contributed by atoms with Crippen LogP contribution in [0, 0.1) is 0 Å². The summed E-state index contributed by atoms with van der Waals surface area (Å²) in [5.41, 5.74) is 4.32. The summed E-state index contributed by atoms with van der Waals surface area (Å²) in [7, 11) is -2.58. The summed E-state index contributed by atoms with van der Waals surface area (Å²) in [5, 5.41) is 5.64. The van der Waals surface area contributed by atoms with Gasteiger partial charge in [-0.25, -0.2) is 0 Å². The molecule has 0 N–H and O–H groups in total. The number of fused-ring (bicyclic) bond motifs is 4. The van der Waals surface area contributed by atoms with Crippen molar-refractivity contribution in [2.75, 3.05) is 0 Å². The van der Waals surface area contributed by atoms with Gasteiger partial charge in [0.25, 0.3) is 0 Å². The molecule has 0 unspecified atom stereocenters. The Kier molecular flexibility index (Phi) is 4.42. The molecule has 6 rings (SSSR count). The number of hydrogen-bond donors (Lipinski definition) is 0. The number of carbonyl (C=O) groups excluding carboxylic acids is 1. The van der Waals surface area contributed by atoms with Crippen LogP contribution in [-0.2, 0) is 0 Å². The van der Waals surface area contributed by atoms with Gasteiger partial charge in [-0.1, -0.05) is 97.7 Å². The summed E-state index contributed by atoms with van der Waals surface area (Å²) in [6.07, 6.45) is 0. The highest BCUT2D eigenvalue weighted by Gasteiger charge is 2.29. The third kappa shape index (κ3) is 2.93. The third-order valence-corrected chi connectivity index (χ3v) is 14.1. The first-order valence-electron chi connectivity index (χ1n) is 10.8. The van der Waals surface area contributed by atoms with E-state index in [1.165, 1.54) is 36.5 Å². The zero-order chi connectivity index (χ0) is 21.1. The number of rotatable bonds is 1. The van der Waals surface area contributed by atoms with E-state index in [0.717, 1.165) is 11.1 Å². The molecule has 0 aliphatic carbocycles. The van der Waals surface area contributed by atoms with Crippen molar-refractivity contribution in [1.82, 2.24) is 0 Å². The minimum absolute atomic E-state index is 0.183. The molecule has 2 aliphatic heterocycles. The maximum absolute atomic E-state index is 13.1. The van der Waals surface area contributed by atoms with Gasteiger partial charge in [-0.05, 0) is 44.0 Å². The van der Waals surface area contributed by atoms with Crippen LogP contribution >= 0.6 is 11.8 Å². The van der Waals surface area contributed by atoms with Crippen LogP contribution in [0.25, 0.3) is 11.1 Å². The molecule has 0 fully saturated rings. The first kappa shape index (κ1) is 19.1. The van der Waals surface area contributed by atoms with Crippen LogP contribution < -0.4 is 20.7 Å². The molecular formula is C27H22OSSi2. The van der Waals surface area contributed by atoms with E-state index in [9.17, 15) is 4.79 Å². The highest BCUT2D eigenvalue weighted by atomic mass is 32.2. The van der Waals surface area contributed by atoms with Crippen LogP contribution in [0.4, 0.5) is 0 Å². The SMILES string of the molecule is C[Si@@H]1c2ccccc2Sc2ccc(-c3ccc4c(c3)[Si@@H](C)c3ccccc3C4=O)cc21. The van der Waals surface area contributed by atoms with Crippen molar-refractivity contribution in [3.05, 3.63) is 96.1 Å². The number of ketones is 1. The fraction of sp³-hybridized carbons (Fsp3) is 0.0741. The standard InChI is InChI=1S/C27H22OSSi2/c1-30-23-9-5-3-7-19(23)27(28)20-13-11-17(15-25(20)30)18-12-14-22-26(16-18)31(2)24-10-6-4-8-21(24)29-22/h3-16,30-31H,1-2H3/t30-,31+/m0/s1. The molecule has 0 saturated heterocycles. The Balaban J connectivity index is 1.43. The lowest BCUT2D eigenvalue weighted by Gasteiger charge is -2.26. The highest BCUT2D eigenvalue weighted by molar-refractivity contribution is 8.00. The molecule has 2 atom stereocenters. The topological polar surface area (TPSA) is 17.1 Å². The fourth-order valence-corrected chi connectivity index (χ4v) is 12.1. The monoisotopic (exact) mass is 450 g/mol. The Morgan fingerprint density at radius 3 is 2.00 bits per heavy atom. The van der Waals surface area contributed by atoms with Crippen LogP contribution in [0.1, 0.15) is 15.9 Å². The Labute approximate surface area is 190 Å². The lowest BCUT2D eigenvalue weighted by atomic mass is 9.98. The van der Waals surface area contributed by atoms with Gasteiger partial charge < -0.3 is 0 Å². The Morgan fingerprint density at radius 1 is 0.581 bits per heavy atom. The Bertz CT molecular complexity index is 1380. The molecule has 0 amide bonds. The van der Waals surface area contributed by atoms with Crippen molar-refractivity contribution in [1.29, 1.82) is 0 Å². The largest absolute Gasteiger partial charge is 0.289 e. The van der Waals surface area contributed by atoms with Crippen LogP contribution in [0.2, 0.25) is 13.1 Å². The lowest BCUT2D eigenvalue weighted by molar-refractivity contribution is 0.104. The molecule has 31 heavy (non-hydrogen) atoms. The van der Waals surface area contributed by atoms with Gasteiger partial charge in [-0.15, -0.1) is 0 Å². The normalized spacial score (nSPS) is 18.6. The van der Waals surface area contributed by atoms with Gasteiger partial charge in [-0.3, -0.25) is 4.79 Å². The number of hydrogen-bond acceptors (Lipinski definition) is 2. The quantitative estimate of drug-likeness (QED) is 0.414. The first-order valence-corrected chi connectivity index (χ1v) is 16.2. The van der Waals surface area contributed by atoms with Crippen LogP contribution in [0.15, 0.2) is 94.7 Å². The van der Waals surface area contributed by atoms with Gasteiger partial charge in [-0.2, -0.15) is 0 Å². The van der Waals surface area contributed by atoms with Gasteiger partial charge in [0.05, 0.1) is 0 Å². The molecule has 150 valence electrons. The molecule has 2 heterocycles. The summed E-state index contributed by atoms with van der Waals surface area (Å²) in [6, 6.07) is 30.6. The smallest absolute Gasteiger partial charge is 0.192 e. The second kappa shape index (κ2) is 7.19. The fourth-order valence-electron chi connectivity index (χ4n) is 5.08. The van der Waals surface area contributed by atoms with Crippen molar-refractivity contribution < 1.29 is 4.79 Å².